The van der Waals surface area contributed by atoms with Gasteiger partial charge in [-0.05, 0) is 98.6 Å². The van der Waals surface area contributed by atoms with Gasteiger partial charge in [-0.2, -0.15) is 0 Å². The molecule has 0 bridgehead atoms. The van der Waals surface area contributed by atoms with E-state index < -0.39 is 0 Å². The number of allylic oxidation sites excluding steroid dienone is 7. The number of nitrogens with one attached hydrogen (secondary N) is 1. The van der Waals surface area contributed by atoms with E-state index in [0.29, 0.717) is 0 Å². The number of benzene rings is 5. The van der Waals surface area contributed by atoms with Gasteiger partial charge >= 0.3 is 0 Å². The van der Waals surface area contributed by atoms with Gasteiger partial charge in [-0.1, -0.05) is 103 Å². The van der Waals surface area contributed by atoms with Gasteiger partial charge in [-0.15, -0.1) is 0 Å². The van der Waals surface area contributed by atoms with Crippen LogP contribution < -0.4 is 16.8 Å². The molecule has 5 aromatic carbocycles. The molecule has 0 saturated heterocycles. The molecule has 0 amide bonds. The van der Waals surface area contributed by atoms with Crippen molar-refractivity contribution >= 4 is 43.6 Å². The zero-order valence-electron chi connectivity index (χ0n) is 23.6. The van der Waals surface area contributed by atoms with Crippen LogP contribution in [-0.2, 0) is 0 Å². The lowest BCUT2D eigenvalue weighted by molar-refractivity contribution is 0.737. The molecule has 2 unspecified atom stereocenters. The van der Waals surface area contributed by atoms with E-state index in [9.17, 15) is 0 Å². The van der Waals surface area contributed by atoms with E-state index in [1.807, 2.05) is 12.2 Å². The molecule has 0 fully saturated rings. The Morgan fingerprint density at radius 1 is 0.810 bits per heavy atom. The Labute approximate surface area is 247 Å². The molecule has 42 heavy (non-hydrogen) atoms. The third-order valence-electron chi connectivity index (χ3n) is 8.60. The highest BCUT2D eigenvalue weighted by molar-refractivity contribution is 6.21. The average molecular weight is 546 g/mol. The van der Waals surface area contributed by atoms with Crippen LogP contribution in [0.25, 0.3) is 37.9 Å². The first-order valence-corrected chi connectivity index (χ1v) is 14.8. The summed E-state index contributed by atoms with van der Waals surface area (Å²) in [6.45, 7) is 0. The first-order chi connectivity index (χ1) is 20.7. The molecule has 2 aliphatic carbocycles. The minimum absolute atomic E-state index is 0.216. The van der Waals surface area contributed by atoms with Crippen LogP contribution in [0.4, 0.5) is 5.69 Å². The summed E-state index contributed by atoms with van der Waals surface area (Å²) in [6.07, 6.45) is 17.8. The first kappa shape index (κ1) is 26.1. The van der Waals surface area contributed by atoms with Crippen LogP contribution in [0.2, 0.25) is 0 Å². The lowest BCUT2D eigenvalue weighted by atomic mass is 9.86. The first-order valence-electron chi connectivity index (χ1n) is 14.8. The minimum atomic E-state index is -0.250. The summed E-state index contributed by atoms with van der Waals surface area (Å²) < 4.78 is 0. The van der Waals surface area contributed by atoms with Crippen LogP contribution in [0.15, 0.2) is 145 Å². The van der Waals surface area contributed by atoms with Gasteiger partial charge in [0.15, 0.2) is 0 Å². The minimum Gasteiger partial charge on any atom is -0.402 e. The highest BCUT2D eigenvalue weighted by Gasteiger charge is 2.18. The van der Waals surface area contributed by atoms with E-state index in [1.165, 1.54) is 43.5 Å². The number of nitrogens with two attached hydrogens (primary N) is 2. The number of fused-ring (bicyclic) bond motifs is 5. The van der Waals surface area contributed by atoms with Crippen molar-refractivity contribution in [3.63, 3.8) is 0 Å². The van der Waals surface area contributed by atoms with Gasteiger partial charge in [0.25, 0.3) is 0 Å². The van der Waals surface area contributed by atoms with Crippen molar-refractivity contribution in [1.29, 1.82) is 0 Å². The Hall–Kier alpha value is -4.86. The summed E-state index contributed by atoms with van der Waals surface area (Å²) in [6, 6.07) is 32.6. The topological polar surface area (TPSA) is 64.1 Å². The molecule has 0 heterocycles. The fourth-order valence-corrected chi connectivity index (χ4v) is 6.38. The Balaban J connectivity index is 1.26. The molecule has 2 aliphatic rings. The fourth-order valence-electron chi connectivity index (χ4n) is 6.38. The van der Waals surface area contributed by atoms with E-state index in [2.05, 4.69) is 127 Å². The van der Waals surface area contributed by atoms with Crippen LogP contribution in [0.3, 0.4) is 0 Å². The maximum absolute atomic E-state index is 6.54. The maximum Gasteiger partial charge on any atom is 0.0500 e. The monoisotopic (exact) mass is 545 g/mol. The van der Waals surface area contributed by atoms with Crippen LogP contribution in [-0.4, -0.2) is 0 Å². The lowest BCUT2D eigenvalue weighted by Gasteiger charge is -2.22. The lowest BCUT2D eigenvalue weighted by Crippen LogP contribution is -2.15. The van der Waals surface area contributed by atoms with Crippen LogP contribution in [0.5, 0.6) is 0 Å². The van der Waals surface area contributed by atoms with Crippen molar-refractivity contribution < 1.29 is 0 Å². The number of anilines is 1. The summed E-state index contributed by atoms with van der Waals surface area (Å²) >= 11 is 0. The average Bonchev–Trinajstić information content (AvgIpc) is 3.05. The van der Waals surface area contributed by atoms with E-state index in [-0.39, 0.29) is 12.0 Å². The van der Waals surface area contributed by atoms with Crippen LogP contribution >= 0.6 is 0 Å². The predicted octanol–water partition coefficient (Wildman–Crippen LogP) is 9.29. The van der Waals surface area contributed by atoms with Gasteiger partial charge in [0.05, 0.1) is 6.04 Å². The van der Waals surface area contributed by atoms with Crippen LogP contribution in [0.1, 0.15) is 36.4 Å². The summed E-state index contributed by atoms with van der Waals surface area (Å²) in [5.41, 5.74) is 19.6. The third-order valence-corrected chi connectivity index (χ3v) is 8.60. The Bertz CT molecular complexity index is 1950. The van der Waals surface area contributed by atoms with E-state index in [1.54, 1.807) is 0 Å². The molecule has 5 aromatic rings. The predicted molar refractivity (Wildman–Crippen MR) is 180 cm³/mol. The molecule has 5 N–H and O–H groups in total. The standard InChI is InChI=1S/C39H35N3/c40-36(27-11-2-1-3-12-27)25-37(41)28-18-21-30(22-19-28)42-38-17-9-8-16-33(38)35-24-29-13-5-6-14-31(29)34-23-20-26-10-4-7-15-32(26)39(34)35/h1-7,9-11,13-15,17-25,27,37,42H,8,12,16,40-41H2/b36-25-. The van der Waals surface area contributed by atoms with Crippen LogP contribution in [0, 0.1) is 5.92 Å². The molecular formula is C39H35N3. The Morgan fingerprint density at radius 2 is 1.60 bits per heavy atom. The Morgan fingerprint density at radius 3 is 2.40 bits per heavy atom. The quantitative estimate of drug-likeness (QED) is 0.186. The summed E-state index contributed by atoms with van der Waals surface area (Å²) in [5.74, 6) is 0.216. The molecule has 0 aliphatic heterocycles. The molecule has 2 atom stereocenters. The zero-order valence-corrected chi connectivity index (χ0v) is 23.6. The highest BCUT2D eigenvalue weighted by atomic mass is 14.9. The smallest absolute Gasteiger partial charge is 0.0500 e. The van der Waals surface area contributed by atoms with Crippen molar-refractivity contribution in [1.82, 2.24) is 0 Å². The van der Waals surface area contributed by atoms with Gasteiger partial charge in [0.1, 0.15) is 0 Å². The second-order valence-electron chi connectivity index (χ2n) is 11.3. The van der Waals surface area contributed by atoms with Crippen molar-refractivity contribution in [2.24, 2.45) is 17.4 Å². The van der Waals surface area contributed by atoms with Gasteiger partial charge in [-0.3, -0.25) is 0 Å². The molecule has 3 heteroatoms. The second-order valence-corrected chi connectivity index (χ2v) is 11.3. The molecule has 0 radical (unpaired) electrons. The molecule has 7 rings (SSSR count). The maximum atomic E-state index is 6.54. The van der Waals surface area contributed by atoms with Gasteiger partial charge in [0, 0.05) is 23.0 Å². The second kappa shape index (κ2) is 11.2. The SMILES string of the molecule is N/C(=C\C(N)c1ccc(NC2=C(c3cc4ccccc4c4ccc5ccccc5c34)CCC=C2)cc1)C1C=CC=CC1. The van der Waals surface area contributed by atoms with E-state index in [0.717, 1.165) is 41.9 Å². The Kier molecular flexibility index (Phi) is 6.95. The van der Waals surface area contributed by atoms with Gasteiger partial charge in [-0.25, -0.2) is 0 Å². The molecule has 206 valence electrons. The van der Waals surface area contributed by atoms with Crippen molar-refractivity contribution in [2.45, 2.75) is 25.3 Å². The number of rotatable bonds is 6. The van der Waals surface area contributed by atoms with Crippen molar-refractivity contribution in [2.75, 3.05) is 5.32 Å². The molecule has 3 nitrogen and oxygen atoms in total. The zero-order chi connectivity index (χ0) is 28.5. The number of hydrogen-bond donors (Lipinski definition) is 3. The fraction of sp³-hybridized carbons (Fsp3) is 0.128. The molecule has 0 aromatic heterocycles. The van der Waals surface area contributed by atoms with E-state index >= 15 is 0 Å². The summed E-state index contributed by atoms with van der Waals surface area (Å²) in [7, 11) is 0. The summed E-state index contributed by atoms with van der Waals surface area (Å²) in [4.78, 5) is 0. The van der Waals surface area contributed by atoms with Crippen molar-refractivity contribution in [3.8, 4) is 0 Å². The number of hydrogen-bond acceptors (Lipinski definition) is 3. The molecular weight excluding hydrogens is 510 g/mol. The van der Waals surface area contributed by atoms with E-state index in [4.69, 9.17) is 11.5 Å². The summed E-state index contributed by atoms with van der Waals surface area (Å²) in [5, 5.41) is 11.5. The van der Waals surface area contributed by atoms with Gasteiger partial charge in [0.2, 0.25) is 0 Å². The van der Waals surface area contributed by atoms with Crippen molar-refractivity contribution in [3.05, 3.63) is 156 Å². The van der Waals surface area contributed by atoms with Gasteiger partial charge < -0.3 is 16.8 Å². The third kappa shape index (κ3) is 4.93. The largest absolute Gasteiger partial charge is 0.402 e. The molecule has 0 saturated carbocycles. The normalized spacial score (nSPS) is 17.8. The molecule has 0 spiro atoms. The highest BCUT2D eigenvalue weighted by Crippen LogP contribution is 2.40.